The number of fused-ring (bicyclic) bond motifs is 1. The Hall–Kier alpha value is -3.17. The molecule has 3 rings (SSSR count). The highest BCUT2D eigenvalue weighted by Crippen LogP contribution is 2.27. The molecule has 0 saturated heterocycles. The number of likely N-dealkylation sites (N-methyl/N-ethyl adjacent to an activating group) is 1. The van der Waals surface area contributed by atoms with Crippen LogP contribution in [-0.2, 0) is 4.74 Å². The first-order valence-corrected chi connectivity index (χ1v) is 12.3. The molecule has 2 aromatic rings. The number of anilines is 2. The molecular weight excluding hydrogens is 463 g/mol. The van der Waals surface area contributed by atoms with Crippen molar-refractivity contribution in [3.05, 3.63) is 53.8 Å². The van der Waals surface area contributed by atoms with Gasteiger partial charge in [0.05, 0.1) is 17.4 Å². The predicted molar refractivity (Wildman–Crippen MR) is 139 cm³/mol. The zero-order chi connectivity index (χ0) is 26.2. The molecule has 0 aromatic heterocycles. The van der Waals surface area contributed by atoms with Crippen molar-refractivity contribution in [3.63, 3.8) is 0 Å². The quantitative estimate of drug-likeness (QED) is 0.623. The molecule has 2 N–H and O–H groups in total. The number of amides is 3. The normalized spacial score (nSPS) is 21.6. The van der Waals surface area contributed by atoms with E-state index >= 15 is 0 Å². The van der Waals surface area contributed by atoms with Crippen molar-refractivity contribution >= 4 is 23.3 Å². The van der Waals surface area contributed by atoms with Crippen molar-refractivity contribution in [1.82, 2.24) is 9.80 Å². The van der Waals surface area contributed by atoms with Gasteiger partial charge in [0.1, 0.15) is 18.2 Å². The minimum Gasteiger partial charge on any atom is -0.491 e. The van der Waals surface area contributed by atoms with Gasteiger partial charge in [0, 0.05) is 39.0 Å². The van der Waals surface area contributed by atoms with Gasteiger partial charge in [-0.05, 0) is 56.1 Å². The maximum absolute atomic E-state index is 13.9. The lowest BCUT2D eigenvalue weighted by molar-refractivity contribution is 0.0108. The van der Waals surface area contributed by atoms with Crippen LogP contribution >= 0.6 is 0 Å². The summed E-state index contributed by atoms with van der Waals surface area (Å²) in [6.07, 6.45) is 0.885. The molecule has 36 heavy (non-hydrogen) atoms. The van der Waals surface area contributed by atoms with Gasteiger partial charge in [0.2, 0.25) is 0 Å². The highest BCUT2D eigenvalue weighted by Gasteiger charge is 2.28. The summed E-state index contributed by atoms with van der Waals surface area (Å²) in [6.45, 7) is 9.01. The molecular formula is C27H37FN4O4. The average molecular weight is 501 g/mol. The van der Waals surface area contributed by atoms with Gasteiger partial charge in [0.25, 0.3) is 5.91 Å². The second kappa shape index (κ2) is 12.7. The smallest absolute Gasteiger partial charge is 0.323 e. The molecule has 196 valence electrons. The minimum atomic E-state index is -0.618. The number of ether oxygens (including phenoxy) is 2. The first kappa shape index (κ1) is 27.4. The highest BCUT2D eigenvalue weighted by atomic mass is 19.1. The molecule has 1 heterocycles. The zero-order valence-corrected chi connectivity index (χ0v) is 21.7. The summed E-state index contributed by atoms with van der Waals surface area (Å²) in [5, 5.41) is 5.15. The van der Waals surface area contributed by atoms with E-state index in [1.165, 1.54) is 12.1 Å². The Bertz CT molecular complexity index is 1050. The van der Waals surface area contributed by atoms with Crippen LogP contribution in [0.15, 0.2) is 42.5 Å². The maximum Gasteiger partial charge on any atom is 0.323 e. The first-order chi connectivity index (χ1) is 17.2. The summed E-state index contributed by atoms with van der Waals surface area (Å²) >= 11 is 0. The van der Waals surface area contributed by atoms with E-state index in [9.17, 15) is 14.0 Å². The maximum atomic E-state index is 13.9. The molecule has 9 heteroatoms. The molecule has 0 fully saturated rings. The van der Waals surface area contributed by atoms with Crippen LogP contribution in [0.3, 0.4) is 0 Å². The zero-order valence-electron chi connectivity index (χ0n) is 21.7. The number of benzene rings is 2. The lowest BCUT2D eigenvalue weighted by Crippen LogP contribution is -2.46. The summed E-state index contributed by atoms with van der Waals surface area (Å²) in [5.74, 6) is -0.134. The standard InChI is InChI=1S/C27H37FN4O4/c1-6-13-32-15-18(2)25(35-5)16-31(4)26(33)21-14-20(11-12-24(21)36-17-19(32)3)29-27(34)30-23-10-8-7-9-22(23)28/h7-12,14,18-19,25H,6,13,15-17H2,1-5H3,(H2,29,30,34)/t18-,19+,25-/m1/s1. The average Bonchev–Trinajstić information content (AvgIpc) is 2.86. The number of urea groups is 1. The van der Waals surface area contributed by atoms with Gasteiger partial charge in [-0.3, -0.25) is 9.69 Å². The third kappa shape index (κ3) is 6.95. The van der Waals surface area contributed by atoms with Crippen LogP contribution in [0, 0.1) is 11.7 Å². The first-order valence-electron chi connectivity index (χ1n) is 12.3. The number of nitrogens with zero attached hydrogens (tertiary/aromatic N) is 2. The molecule has 0 bridgehead atoms. The van der Waals surface area contributed by atoms with Gasteiger partial charge in [-0.2, -0.15) is 0 Å². The summed E-state index contributed by atoms with van der Waals surface area (Å²) in [6, 6.07) is 10.3. The Labute approximate surface area is 212 Å². The van der Waals surface area contributed by atoms with Crippen LogP contribution in [0.2, 0.25) is 0 Å². The number of rotatable bonds is 5. The predicted octanol–water partition coefficient (Wildman–Crippen LogP) is 4.69. The Balaban J connectivity index is 1.87. The van der Waals surface area contributed by atoms with E-state index in [0.29, 0.717) is 30.2 Å². The van der Waals surface area contributed by atoms with Crippen molar-refractivity contribution in [2.45, 2.75) is 39.3 Å². The second-order valence-electron chi connectivity index (χ2n) is 9.36. The van der Waals surface area contributed by atoms with Gasteiger partial charge in [0.15, 0.2) is 0 Å². The van der Waals surface area contributed by atoms with E-state index in [1.807, 2.05) is 0 Å². The van der Waals surface area contributed by atoms with E-state index in [2.05, 4.69) is 36.3 Å². The summed E-state index contributed by atoms with van der Waals surface area (Å²) in [4.78, 5) is 29.9. The van der Waals surface area contributed by atoms with Crippen LogP contribution in [0.25, 0.3) is 0 Å². The molecule has 3 atom stereocenters. The van der Waals surface area contributed by atoms with Gasteiger partial charge in [-0.15, -0.1) is 0 Å². The monoisotopic (exact) mass is 500 g/mol. The van der Waals surface area contributed by atoms with E-state index in [0.717, 1.165) is 19.5 Å². The van der Waals surface area contributed by atoms with Crippen molar-refractivity contribution < 1.29 is 23.5 Å². The van der Waals surface area contributed by atoms with E-state index in [1.54, 1.807) is 49.4 Å². The van der Waals surface area contributed by atoms with Crippen LogP contribution in [0.1, 0.15) is 37.6 Å². The van der Waals surface area contributed by atoms with E-state index < -0.39 is 11.8 Å². The fraction of sp³-hybridized carbons (Fsp3) is 0.481. The Morgan fingerprint density at radius 3 is 2.61 bits per heavy atom. The van der Waals surface area contributed by atoms with E-state index in [-0.39, 0.29) is 29.7 Å². The van der Waals surface area contributed by atoms with Gasteiger partial charge in [-0.25, -0.2) is 9.18 Å². The number of halogens is 1. The van der Waals surface area contributed by atoms with E-state index in [4.69, 9.17) is 9.47 Å². The summed E-state index contributed by atoms with van der Waals surface area (Å²) in [7, 11) is 3.40. The molecule has 8 nitrogen and oxygen atoms in total. The Morgan fingerprint density at radius 1 is 1.17 bits per heavy atom. The number of carbonyl (C=O) groups is 2. The molecule has 1 aliphatic heterocycles. The SMILES string of the molecule is CCCN1C[C@@H](C)[C@H](OC)CN(C)C(=O)c2cc(NC(=O)Nc3ccccc3F)ccc2OC[C@@H]1C. The topological polar surface area (TPSA) is 83.1 Å². The molecule has 1 aliphatic rings. The van der Waals surface area contributed by atoms with Crippen molar-refractivity contribution in [2.75, 3.05) is 51.0 Å². The molecule has 3 amide bonds. The third-order valence-corrected chi connectivity index (χ3v) is 6.46. The highest BCUT2D eigenvalue weighted by molar-refractivity contribution is 6.02. The Kier molecular flexibility index (Phi) is 9.66. The fourth-order valence-electron chi connectivity index (χ4n) is 4.38. The lowest BCUT2D eigenvalue weighted by atomic mass is 10.0. The minimum absolute atomic E-state index is 0.0609. The molecule has 0 spiro atoms. The molecule has 0 aliphatic carbocycles. The second-order valence-corrected chi connectivity index (χ2v) is 9.36. The Morgan fingerprint density at radius 2 is 1.92 bits per heavy atom. The van der Waals surface area contributed by atoms with Crippen molar-refractivity contribution in [3.8, 4) is 5.75 Å². The lowest BCUT2D eigenvalue weighted by Gasteiger charge is -2.35. The van der Waals surface area contributed by atoms with Crippen LogP contribution < -0.4 is 15.4 Å². The fourth-order valence-corrected chi connectivity index (χ4v) is 4.38. The number of carbonyl (C=O) groups excluding carboxylic acids is 2. The third-order valence-electron chi connectivity index (χ3n) is 6.46. The summed E-state index contributed by atoms with van der Waals surface area (Å²) < 4.78 is 25.8. The number of hydrogen-bond donors (Lipinski definition) is 2. The number of methoxy groups -OCH3 is 1. The number of hydrogen-bond acceptors (Lipinski definition) is 5. The van der Waals surface area contributed by atoms with Gasteiger partial charge in [-0.1, -0.05) is 26.0 Å². The number of nitrogens with one attached hydrogen (secondary N) is 2. The van der Waals surface area contributed by atoms with Gasteiger partial charge >= 0.3 is 6.03 Å². The van der Waals surface area contributed by atoms with Crippen LogP contribution in [0.5, 0.6) is 5.75 Å². The molecule has 0 radical (unpaired) electrons. The number of para-hydroxylation sites is 1. The van der Waals surface area contributed by atoms with Crippen LogP contribution in [0.4, 0.5) is 20.6 Å². The largest absolute Gasteiger partial charge is 0.491 e. The molecule has 2 aromatic carbocycles. The summed E-state index contributed by atoms with van der Waals surface area (Å²) in [5.41, 5.74) is 0.779. The molecule has 0 unspecified atom stereocenters. The molecule has 0 saturated carbocycles. The van der Waals surface area contributed by atoms with Crippen molar-refractivity contribution in [1.29, 1.82) is 0 Å². The van der Waals surface area contributed by atoms with Crippen molar-refractivity contribution in [2.24, 2.45) is 5.92 Å². The van der Waals surface area contributed by atoms with Crippen LogP contribution in [-0.4, -0.2) is 74.3 Å². The van der Waals surface area contributed by atoms with Gasteiger partial charge < -0.3 is 25.0 Å².